The summed E-state index contributed by atoms with van der Waals surface area (Å²) in [5, 5.41) is 3.24. The van der Waals surface area contributed by atoms with E-state index in [4.69, 9.17) is 0 Å². The minimum Gasteiger partial charge on any atom is -0.348 e. The van der Waals surface area contributed by atoms with Gasteiger partial charge in [0.15, 0.2) is 0 Å². The summed E-state index contributed by atoms with van der Waals surface area (Å²) in [6, 6.07) is 2.21. The van der Waals surface area contributed by atoms with Crippen molar-refractivity contribution in [3.63, 3.8) is 0 Å². The Morgan fingerprint density at radius 3 is 2.68 bits per heavy atom. The molecule has 1 heterocycles. The van der Waals surface area contributed by atoms with Gasteiger partial charge in [0.1, 0.15) is 5.69 Å². The number of carbonyl (C=O) groups is 1. The fraction of sp³-hybridized carbons (Fsp3) is 0.667. The summed E-state index contributed by atoms with van der Waals surface area (Å²) < 4.78 is 2.82. The summed E-state index contributed by atoms with van der Waals surface area (Å²) in [5.74, 6) is 1.29. The van der Waals surface area contributed by atoms with Gasteiger partial charge in [-0.1, -0.05) is 26.7 Å². The number of rotatable bonds is 3. The number of nitrogens with zero attached hydrogens (tertiary/aromatic N) is 1. The molecule has 1 aliphatic carbocycles. The minimum absolute atomic E-state index is 0.0470. The molecule has 1 fully saturated rings. The zero-order valence-corrected chi connectivity index (χ0v) is 13.5. The Bertz CT molecular complexity index is 453. The van der Waals surface area contributed by atoms with Gasteiger partial charge in [-0.15, -0.1) is 0 Å². The molecular formula is C15H23BrN2O. The Morgan fingerprint density at radius 1 is 1.42 bits per heavy atom. The van der Waals surface area contributed by atoms with Crippen molar-refractivity contribution in [2.45, 2.75) is 45.6 Å². The molecule has 0 radical (unpaired) electrons. The highest BCUT2D eigenvalue weighted by molar-refractivity contribution is 9.10. The molecular weight excluding hydrogens is 304 g/mol. The van der Waals surface area contributed by atoms with E-state index in [1.54, 1.807) is 0 Å². The third-order valence-electron chi connectivity index (χ3n) is 4.20. The quantitative estimate of drug-likeness (QED) is 0.902. The lowest BCUT2D eigenvalue weighted by Gasteiger charge is -2.34. The fourth-order valence-electron chi connectivity index (χ4n) is 3.13. The number of nitrogens with one attached hydrogen (secondary N) is 1. The predicted molar refractivity (Wildman–Crippen MR) is 81.2 cm³/mol. The summed E-state index contributed by atoms with van der Waals surface area (Å²) in [6.07, 6.45) is 6.78. The second kappa shape index (κ2) is 6.12. The van der Waals surface area contributed by atoms with Crippen molar-refractivity contribution >= 4 is 21.8 Å². The molecule has 1 aromatic heterocycles. The van der Waals surface area contributed by atoms with Gasteiger partial charge < -0.3 is 9.88 Å². The minimum atomic E-state index is 0.0470. The van der Waals surface area contributed by atoms with Crippen molar-refractivity contribution in [3.05, 3.63) is 22.4 Å². The molecule has 0 saturated heterocycles. The van der Waals surface area contributed by atoms with Crippen LogP contribution in [0, 0.1) is 11.8 Å². The van der Waals surface area contributed by atoms with Crippen LogP contribution < -0.4 is 5.32 Å². The van der Waals surface area contributed by atoms with Crippen molar-refractivity contribution in [2.24, 2.45) is 18.9 Å². The van der Waals surface area contributed by atoms with E-state index >= 15 is 0 Å². The molecule has 1 N–H and O–H groups in total. The summed E-state index contributed by atoms with van der Waals surface area (Å²) in [7, 11) is 1.90. The second-order valence-electron chi connectivity index (χ2n) is 5.93. The first-order valence-electron chi connectivity index (χ1n) is 7.11. The maximum Gasteiger partial charge on any atom is 0.268 e. The summed E-state index contributed by atoms with van der Waals surface area (Å²) >= 11 is 3.41. The smallest absolute Gasteiger partial charge is 0.268 e. The largest absolute Gasteiger partial charge is 0.348 e. The Hall–Kier alpha value is -0.770. The lowest BCUT2D eigenvalue weighted by molar-refractivity contribution is 0.0881. The van der Waals surface area contributed by atoms with Crippen LogP contribution in [0.4, 0.5) is 0 Å². The molecule has 1 amide bonds. The molecule has 0 aromatic carbocycles. The molecule has 2 unspecified atom stereocenters. The molecule has 1 aromatic rings. The van der Waals surface area contributed by atoms with Crippen molar-refractivity contribution in [3.8, 4) is 0 Å². The van der Waals surface area contributed by atoms with Gasteiger partial charge >= 0.3 is 0 Å². The van der Waals surface area contributed by atoms with Crippen LogP contribution >= 0.6 is 15.9 Å². The number of aryl methyl sites for hydroxylation is 1. The van der Waals surface area contributed by atoms with Crippen LogP contribution in [0.25, 0.3) is 0 Å². The molecule has 0 spiro atoms. The highest BCUT2D eigenvalue weighted by atomic mass is 79.9. The van der Waals surface area contributed by atoms with Crippen LogP contribution in [0.3, 0.4) is 0 Å². The lowest BCUT2D eigenvalue weighted by Crippen LogP contribution is -2.44. The van der Waals surface area contributed by atoms with E-state index in [-0.39, 0.29) is 5.91 Å². The van der Waals surface area contributed by atoms with Gasteiger partial charge in [-0.05, 0) is 46.7 Å². The Balaban J connectivity index is 2.07. The van der Waals surface area contributed by atoms with E-state index in [2.05, 4.69) is 35.1 Å². The topological polar surface area (TPSA) is 34.0 Å². The number of hydrogen-bond acceptors (Lipinski definition) is 1. The summed E-state index contributed by atoms with van der Waals surface area (Å²) in [4.78, 5) is 12.4. The monoisotopic (exact) mass is 326 g/mol. The lowest BCUT2D eigenvalue weighted by atomic mass is 9.78. The van der Waals surface area contributed by atoms with Crippen molar-refractivity contribution < 1.29 is 4.79 Å². The SMILES string of the molecule is CC(C)C1CCCCC1NC(=O)c1cc(Br)cn1C. The van der Waals surface area contributed by atoms with E-state index in [0.29, 0.717) is 17.9 Å². The first-order chi connectivity index (χ1) is 8.99. The molecule has 1 saturated carbocycles. The third-order valence-corrected chi connectivity index (χ3v) is 4.63. The standard InChI is InChI=1S/C15H23BrN2O/c1-10(2)12-6-4-5-7-13(12)17-15(19)14-8-11(16)9-18(14)3/h8-10,12-13H,4-7H2,1-3H3,(H,17,19). The van der Waals surface area contributed by atoms with Gasteiger partial charge in [-0.25, -0.2) is 0 Å². The van der Waals surface area contributed by atoms with Crippen LogP contribution in [0.2, 0.25) is 0 Å². The van der Waals surface area contributed by atoms with Gasteiger partial charge in [-0.2, -0.15) is 0 Å². The Morgan fingerprint density at radius 2 is 2.11 bits per heavy atom. The molecule has 0 bridgehead atoms. The molecule has 2 atom stereocenters. The van der Waals surface area contributed by atoms with Crippen molar-refractivity contribution in [2.75, 3.05) is 0 Å². The summed E-state index contributed by atoms with van der Waals surface area (Å²) in [6.45, 7) is 4.52. The van der Waals surface area contributed by atoms with E-state index in [0.717, 1.165) is 16.6 Å². The number of amides is 1. The first-order valence-corrected chi connectivity index (χ1v) is 7.91. The fourth-order valence-corrected chi connectivity index (χ4v) is 3.65. The molecule has 0 aliphatic heterocycles. The summed E-state index contributed by atoms with van der Waals surface area (Å²) in [5.41, 5.74) is 0.722. The van der Waals surface area contributed by atoms with Crippen LogP contribution in [-0.2, 0) is 7.05 Å². The average molecular weight is 327 g/mol. The van der Waals surface area contributed by atoms with Crippen LogP contribution in [0.5, 0.6) is 0 Å². The highest BCUT2D eigenvalue weighted by Crippen LogP contribution is 2.30. The predicted octanol–water partition coefficient (Wildman–Crippen LogP) is 3.73. The maximum atomic E-state index is 12.4. The van der Waals surface area contributed by atoms with E-state index in [1.807, 2.05) is 23.9 Å². The van der Waals surface area contributed by atoms with Gasteiger partial charge in [0, 0.05) is 23.8 Å². The van der Waals surface area contributed by atoms with Gasteiger partial charge in [-0.3, -0.25) is 4.79 Å². The molecule has 3 nitrogen and oxygen atoms in total. The van der Waals surface area contributed by atoms with Crippen molar-refractivity contribution in [1.82, 2.24) is 9.88 Å². The van der Waals surface area contributed by atoms with Crippen LogP contribution in [0.15, 0.2) is 16.7 Å². The van der Waals surface area contributed by atoms with Gasteiger partial charge in [0.05, 0.1) is 0 Å². The van der Waals surface area contributed by atoms with Crippen molar-refractivity contribution in [1.29, 1.82) is 0 Å². The first kappa shape index (κ1) is 14.6. The maximum absolute atomic E-state index is 12.4. The average Bonchev–Trinajstić information content (AvgIpc) is 2.69. The molecule has 1 aliphatic rings. The third kappa shape index (κ3) is 3.41. The highest BCUT2D eigenvalue weighted by Gasteiger charge is 2.29. The zero-order valence-electron chi connectivity index (χ0n) is 11.9. The zero-order chi connectivity index (χ0) is 14.0. The number of aromatic nitrogens is 1. The number of hydrogen-bond donors (Lipinski definition) is 1. The van der Waals surface area contributed by atoms with E-state index in [1.165, 1.54) is 19.3 Å². The molecule has 2 rings (SSSR count). The van der Waals surface area contributed by atoms with Crippen LogP contribution in [0.1, 0.15) is 50.0 Å². The van der Waals surface area contributed by atoms with Gasteiger partial charge in [0.25, 0.3) is 5.91 Å². The number of carbonyl (C=O) groups excluding carboxylic acids is 1. The van der Waals surface area contributed by atoms with Crippen LogP contribution in [-0.4, -0.2) is 16.5 Å². The Kier molecular flexibility index (Phi) is 4.71. The number of halogens is 1. The molecule has 4 heteroatoms. The molecule has 106 valence electrons. The van der Waals surface area contributed by atoms with E-state index in [9.17, 15) is 4.79 Å². The van der Waals surface area contributed by atoms with E-state index < -0.39 is 0 Å². The normalized spacial score (nSPS) is 23.6. The Labute approximate surface area is 123 Å². The second-order valence-corrected chi connectivity index (χ2v) is 6.84. The molecule has 19 heavy (non-hydrogen) atoms. The van der Waals surface area contributed by atoms with Gasteiger partial charge in [0.2, 0.25) is 0 Å².